The van der Waals surface area contributed by atoms with E-state index in [1.165, 1.54) is 0 Å². The van der Waals surface area contributed by atoms with Crippen LogP contribution in [0.2, 0.25) is 10.0 Å². The van der Waals surface area contributed by atoms with E-state index in [1.54, 1.807) is 30.0 Å². The maximum atomic E-state index is 13.2. The molecule has 0 aliphatic carbocycles. The summed E-state index contributed by atoms with van der Waals surface area (Å²) in [5, 5.41) is 3.90. The average Bonchev–Trinajstić information content (AvgIpc) is 2.68. The zero-order valence-corrected chi connectivity index (χ0v) is 18.8. The van der Waals surface area contributed by atoms with Crippen LogP contribution in [0.25, 0.3) is 0 Å². The van der Waals surface area contributed by atoms with Gasteiger partial charge in [-0.2, -0.15) is 0 Å². The molecule has 0 bridgehead atoms. The second kappa shape index (κ2) is 10.7. The molecule has 0 unspecified atom stereocenters. The third kappa shape index (κ3) is 6.48. The number of carbonyl (C=O) groups excluding carboxylic acids is 2. The first-order valence-corrected chi connectivity index (χ1v) is 10.6. The van der Waals surface area contributed by atoms with Crippen molar-refractivity contribution in [2.24, 2.45) is 0 Å². The Morgan fingerprint density at radius 1 is 1.03 bits per heavy atom. The van der Waals surface area contributed by atoms with Crippen LogP contribution in [0.4, 0.5) is 0 Å². The van der Waals surface area contributed by atoms with Gasteiger partial charge in [0.2, 0.25) is 11.8 Å². The first-order chi connectivity index (χ1) is 13.7. The number of halogens is 2. The molecule has 1 N–H and O–H groups in total. The number of rotatable bonds is 8. The second-order valence-electron chi connectivity index (χ2n) is 7.38. The maximum Gasteiger partial charge on any atom is 0.242 e. The average molecular weight is 435 g/mol. The maximum absolute atomic E-state index is 13.2. The molecule has 0 aromatic heterocycles. The van der Waals surface area contributed by atoms with E-state index in [2.05, 4.69) is 5.32 Å². The Morgan fingerprint density at radius 2 is 1.62 bits per heavy atom. The summed E-state index contributed by atoms with van der Waals surface area (Å²) in [6.45, 7) is 7.83. The molecule has 156 valence electrons. The van der Waals surface area contributed by atoms with Crippen LogP contribution < -0.4 is 5.32 Å². The highest BCUT2D eigenvalue weighted by atomic mass is 35.5. The minimum Gasteiger partial charge on any atom is -0.352 e. The lowest BCUT2D eigenvalue weighted by Crippen LogP contribution is -2.50. The van der Waals surface area contributed by atoms with E-state index in [1.807, 2.05) is 45.0 Å². The molecule has 0 aliphatic rings. The van der Waals surface area contributed by atoms with E-state index in [9.17, 15) is 9.59 Å². The number of hydrogen-bond donors (Lipinski definition) is 1. The topological polar surface area (TPSA) is 49.4 Å². The van der Waals surface area contributed by atoms with Crippen LogP contribution in [-0.4, -0.2) is 28.8 Å². The van der Waals surface area contributed by atoms with Crippen molar-refractivity contribution in [1.29, 1.82) is 0 Å². The van der Waals surface area contributed by atoms with Crippen LogP contribution in [0.15, 0.2) is 42.5 Å². The standard InChI is InChI=1S/C23H28Cl2N2O2/c1-5-16(3)26-23(29)17(4)27(14-19-20(24)7-6-8-21(19)25)22(28)13-18-11-9-15(2)10-12-18/h6-12,16-17H,5,13-14H2,1-4H3,(H,26,29)/t16-,17-/m0/s1. The Morgan fingerprint density at radius 3 is 2.17 bits per heavy atom. The van der Waals surface area contributed by atoms with Gasteiger partial charge in [-0.05, 0) is 44.9 Å². The van der Waals surface area contributed by atoms with Crippen LogP contribution in [0, 0.1) is 6.92 Å². The number of aryl methyl sites for hydroxylation is 1. The van der Waals surface area contributed by atoms with E-state index in [4.69, 9.17) is 23.2 Å². The summed E-state index contributed by atoms with van der Waals surface area (Å²) >= 11 is 12.6. The quantitative estimate of drug-likeness (QED) is 0.622. The molecule has 29 heavy (non-hydrogen) atoms. The van der Waals surface area contributed by atoms with Crippen LogP contribution in [0.3, 0.4) is 0 Å². The molecule has 0 aliphatic heterocycles. The Hall–Kier alpha value is -2.04. The van der Waals surface area contributed by atoms with Crippen molar-refractivity contribution in [2.75, 3.05) is 0 Å². The predicted octanol–water partition coefficient (Wildman–Crippen LogP) is 5.18. The first-order valence-electron chi connectivity index (χ1n) is 9.81. The molecule has 2 atom stereocenters. The summed E-state index contributed by atoms with van der Waals surface area (Å²) in [5.41, 5.74) is 2.66. The lowest BCUT2D eigenvalue weighted by atomic mass is 10.1. The molecule has 2 amide bonds. The summed E-state index contributed by atoms with van der Waals surface area (Å²) < 4.78 is 0. The van der Waals surface area contributed by atoms with Gasteiger partial charge in [0.25, 0.3) is 0 Å². The van der Waals surface area contributed by atoms with Gasteiger partial charge in [-0.1, -0.05) is 66.0 Å². The fraction of sp³-hybridized carbons (Fsp3) is 0.391. The molecule has 2 rings (SSSR count). The number of amides is 2. The molecule has 4 nitrogen and oxygen atoms in total. The Labute approximate surface area is 183 Å². The number of nitrogens with zero attached hydrogens (tertiary/aromatic N) is 1. The molecule has 0 saturated carbocycles. The molecule has 0 spiro atoms. The Bertz CT molecular complexity index is 832. The fourth-order valence-electron chi connectivity index (χ4n) is 2.88. The molecule has 0 radical (unpaired) electrons. The van der Waals surface area contributed by atoms with Crippen molar-refractivity contribution in [1.82, 2.24) is 10.2 Å². The van der Waals surface area contributed by atoms with Gasteiger partial charge in [0.1, 0.15) is 6.04 Å². The molecule has 6 heteroatoms. The van der Waals surface area contributed by atoms with Gasteiger partial charge in [0, 0.05) is 28.2 Å². The van der Waals surface area contributed by atoms with Crippen LogP contribution >= 0.6 is 23.2 Å². The molecule has 2 aromatic carbocycles. The lowest BCUT2D eigenvalue weighted by Gasteiger charge is -2.30. The zero-order valence-electron chi connectivity index (χ0n) is 17.3. The predicted molar refractivity (Wildman–Crippen MR) is 119 cm³/mol. The SMILES string of the molecule is CC[C@H](C)NC(=O)[C@H](C)N(Cc1c(Cl)cccc1Cl)C(=O)Cc1ccc(C)cc1. The van der Waals surface area contributed by atoms with Crippen LogP contribution in [0.1, 0.15) is 43.9 Å². The number of carbonyl (C=O) groups is 2. The summed E-state index contributed by atoms with van der Waals surface area (Å²) in [4.78, 5) is 27.5. The third-order valence-corrected chi connectivity index (χ3v) is 5.74. The normalized spacial score (nSPS) is 12.9. The molecule has 0 saturated heterocycles. The second-order valence-corrected chi connectivity index (χ2v) is 8.19. The van der Waals surface area contributed by atoms with E-state index >= 15 is 0 Å². The highest BCUT2D eigenvalue weighted by molar-refractivity contribution is 6.36. The summed E-state index contributed by atoms with van der Waals surface area (Å²) in [6, 6.07) is 12.4. The van der Waals surface area contributed by atoms with E-state index < -0.39 is 6.04 Å². The molecular weight excluding hydrogens is 407 g/mol. The zero-order chi connectivity index (χ0) is 21.6. The lowest BCUT2D eigenvalue weighted by molar-refractivity contribution is -0.140. The number of nitrogens with one attached hydrogen (secondary N) is 1. The van der Waals surface area contributed by atoms with Gasteiger partial charge in [-0.3, -0.25) is 9.59 Å². The minimum absolute atomic E-state index is 0.0305. The molecule has 0 heterocycles. The van der Waals surface area contributed by atoms with Crippen molar-refractivity contribution in [3.8, 4) is 0 Å². The smallest absolute Gasteiger partial charge is 0.242 e. The molecule has 0 fully saturated rings. The van der Waals surface area contributed by atoms with E-state index in [0.29, 0.717) is 15.6 Å². The Kier molecular flexibility index (Phi) is 8.54. The molecule has 2 aromatic rings. The fourth-order valence-corrected chi connectivity index (χ4v) is 3.40. The largest absolute Gasteiger partial charge is 0.352 e. The van der Waals surface area contributed by atoms with Crippen molar-refractivity contribution >= 4 is 35.0 Å². The van der Waals surface area contributed by atoms with Gasteiger partial charge in [0.05, 0.1) is 6.42 Å². The summed E-state index contributed by atoms with van der Waals surface area (Å²) in [6.07, 6.45) is 1.01. The third-order valence-electron chi connectivity index (χ3n) is 5.03. The van der Waals surface area contributed by atoms with Gasteiger partial charge < -0.3 is 10.2 Å². The van der Waals surface area contributed by atoms with Gasteiger partial charge in [0.15, 0.2) is 0 Å². The van der Waals surface area contributed by atoms with Crippen molar-refractivity contribution in [3.05, 3.63) is 69.2 Å². The van der Waals surface area contributed by atoms with Crippen LogP contribution in [-0.2, 0) is 22.6 Å². The highest BCUT2D eigenvalue weighted by Crippen LogP contribution is 2.27. The van der Waals surface area contributed by atoms with Gasteiger partial charge >= 0.3 is 0 Å². The van der Waals surface area contributed by atoms with Gasteiger partial charge in [-0.15, -0.1) is 0 Å². The summed E-state index contributed by atoms with van der Waals surface area (Å²) in [7, 11) is 0. The van der Waals surface area contributed by atoms with E-state index in [-0.39, 0.29) is 30.8 Å². The minimum atomic E-state index is -0.658. The number of hydrogen-bond acceptors (Lipinski definition) is 2. The molecular formula is C23H28Cl2N2O2. The van der Waals surface area contributed by atoms with E-state index in [0.717, 1.165) is 17.5 Å². The highest BCUT2D eigenvalue weighted by Gasteiger charge is 2.28. The number of benzene rings is 2. The van der Waals surface area contributed by atoms with Crippen molar-refractivity contribution < 1.29 is 9.59 Å². The van der Waals surface area contributed by atoms with Crippen molar-refractivity contribution in [2.45, 2.75) is 59.2 Å². The Balaban J connectivity index is 2.29. The monoisotopic (exact) mass is 434 g/mol. The summed E-state index contributed by atoms with van der Waals surface area (Å²) in [5.74, 6) is -0.351. The van der Waals surface area contributed by atoms with Gasteiger partial charge in [-0.25, -0.2) is 0 Å². The van der Waals surface area contributed by atoms with Crippen molar-refractivity contribution in [3.63, 3.8) is 0 Å². The first kappa shape index (κ1) is 23.2. The van der Waals surface area contributed by atoms with Crippen LogP contribution in [0.5, 0.6) is 0 Å².